The maximum Gasteiger partial charge on any atom is 0.140 e. The Kier molecular flexibility index (Phi) is 3.61. The van der Waals surface area contributed by atoms with Crippen LogP contribution in [-0.4, -0.2) is 47.4 Å². The number of anilines is 1. The summed E-state index contributed by atoms with van der Waals surface area (Å²) in [4.78, 5) is 9.69. The molecule has 1 aromatic heterocycles. The predicted molar refractivity (Wildman–Crippen MR) is 86.1 cm³/mol. The highest BCUT2D eigenvalue weighted by atomic mass is 15.3. The van der Waals surface area contributed by atoms with Gasteiger partial charge >= 0.3 is 0 Å². The number of pyridine rings is 1. The summed E-state index contributed by atoms with van der Waals surface area (Å²) in [6, 6.07) is 3.05. The Morgan fingerprint density at radius 3 is 2.86 bits per heavy atom. The van der Waals surface area contributed by atoms with Crippen LogP contribution in [0.15, 0.2) is 6.07 Å². The molecule has 21 heavy (non-hydrogen) atoms. The van der Waals surface area contributed by atoms with Crippen LogP contribution in [0.25, 0.3) is 0 Å². The fourth-order valence-corrected chi connectivity index (χ4v) is 3.84. The normalized spacial score (nSPS) is 26.0. The van der Waals surface area contributed by atoms with Gasteiger partial charge in [0.1, 0.15) is 11.7 Å². The molecule has 5 heteroatoms. The van der Waals surface area contributed by atoms with Crippen molar-refractivity contribution in [3.8, 4) is 0 Å². The first-order valence-electron chi connectivity index (χ1n) is 7.80. The highest BCUT2D eigenvalue weighted by Gasteiger charge is 2.36. The van der Waals surface area contributed by atoms with E-state index in [4.69, 9.17) is 16.1 Å². The standard InChI is InChI=1S/C16H25N5/c1-10-7-11(2)19-16(14(10)15(17)18)21-9-13-5-4-6-20(13)8-12(21)3/h7,12-13H,4-6,8-9H2,1-3H3,(H3,17,18). The van der Waals surface area contributed by atoms with Gasteiger partial charge in [-0.15, -0.1) is 0 Å². The zero-order chi connectivity index (χ0) is 15.1. The number of amidine groups is 1. The topological polar surface area (TPSA) is 69.2 Å². The highest BCUT2D eigenvalue weighted by Crippen LogP contribution is 2.30. The lowest BCUT2D eigenvalue weighted by molar-refractivity contribution is 0.202. The molecule has 5 nitrogen and oxygen atoms in total. The van der Waals surface area contributed by atoms with Gasteiger partial charge < -0.3 is 10.6 Å². The van der Waals surface area contributed by atoms with E-state index in [1.54, 1.807) is 0 Å². The Morgan fingerprint density at radius 2 is 2.14 bits per heavy atom. The summed E-state index contributed by atoms with van der Waals surface area (Å²) in [5.74, 6) is 1.02. The number of rotatable bonds is 2. The van der Waals surface area contributed by atoms with Crippen molar-refractivity contribution in [2.75, 3.05) is 24.5 Å². The molecular weight excluding hydrogens is 262 g/mol. The Balaban J connectivity index is 2.01. The molecule has 2 aliphatic heterocycles. The molecule has 0 bridgehead atoms. The second-order valence-electron chi connectivity index (χ2n) is 6.49. The summed E-state index contributed by atoms with van der Waals surface area (Å²) in [7, 11) is 0. The van der Waals surface area contributed by atoms with E-state index in [1.165, 1.54) is 19.4 Å². The number of nitrogens with one attached hydrogen (secondary N) is 1. The van der Waals surface area contributed by atoms with Crippen molar-refractivity contribution in [2.24, 2.45) is 5.73 Å². The van der Waals surface area contributed by atoms with Gasteiger partial charge in [-0.05, 0) is 51.8 Å². The average Bonchev–Trinajstić information content (AvgIpc) is 2.83. The Hall–Kier alpha value is -1.62. The van der Waals surface area contributed by atoms with E-state index in [-0.39, 0.29) is 5.84 Å². The van der Waals surface area contributed by atoms with Crippen LogP contribution >= 0.6 is 0 Å². The summed E-state index contributed by atoms with van der Waals surface area (Å²) in [6.07, 6.45) is 2.56. The van der Waals surface area contributed by atoms with Crippen LogP contribution in [-0.2, 0) is 0 Å². The minimum absolute atomic E-state index is 0.121. The molecule has 3 heterocycles. The summed E-state index contributed by atoms with van der Waals surface area (Å²) in [5, 5.41) is 7.92. The Labute approximate surface area is 126 Å². The molecule has 2 atom stereocenters. The lowest BCUT2D eigenvalue weighted by atomic mass is 10.0. The minimum Gasteiger partial charge on any atom is -0.384 e. The maximum absolute atomic E-state index is 7.92. The molecule has 0 saturated carbocycles. The average molecular weight is 287 g/mol. The molecule has 0 amide bonds. The van der Waals surface area contributed by atoms with Crippen molar-refractivity contribution in [1.29, 1.82) is 5.41 Å². The Bertz CT molecular complexity index is 568. The minimum atomic E-state index is 0.121. The monoisotopic (exact) mass is 287 g/mol. The van der Waals surface area contributed by atoms with Gasteiger partial charge in [0.25, 0.3) is 0 Å². The van der Waals surface area contributed by atoms with Crippen molar-refractivity contribution in [1.82, 2.24) is 9.88 Å². The molecule has 1 aromatic rings. The van der Waals surface area contributed by atoms with E-state index in [2.05, 4.69) is 16.7 Å². The molecule has 114 valence electrons. The lowest BCUT2D eigenvalue weighted by Gasteiger charge is -2.43. The number of fused-ring (bicyclic) bond motifs is 1. The second kappa shape index (κ2) is 5.30. The maximum atomic E-state index is 7.92. The van der Waals surface area contributed by atoms with Crippen molar-refractivity contribution < 1.29 is 0 Å². The van der Waals surface area contributed by atoms with Crippen LogP contribution in [0, 0.1) is 19.3 Å². The van der Waals surface area contributed by atoms with Crippen LogP contribution in [0.5, 0.6) is 0 Å². The number of hydrogen-bond donors (Lipinski definition) is 2. The number of nitrogen functional groups attached to an aromatic ring is 1. The third-order valence-corrected chi connectivity index (χ3v) is 4.80. The second-order valence-corrected chi connectivity index (χ2v) is 6.49. The summed E-state index contributed by atoms with van der Waals surface area (Å²) in [5.41, 5.74) is 8.68. The summed E-state index contributed by atoms with van der Waals surface area (Å²) >= 11 is 0. The van der Waals surface area contributed by atoms with Gasteiger partial charge in [0.2, 0.25) is 0 Å². The van der Waals surface area contributed by atoms with Crippen LogP contribution in [0.1, 0.15) is 36.6 Å². The fraction of sp³-hybridized carbons (Fsp3) is 0.625. The molecule has 3 rings (SSSR count). The van der Waals surface area contributed by atoms with E-state index in [1.807, 2.05) is 19.9 Å². The van der Waals surface area contributed by atoms with Crippen LogP contribution in [0.4, 0.5) is 5.82 Å². The quantitative estimate of drug-likeness (QED) is 0.641. The number of aromatic nitrogens is 1. The first-order chi connectivity index (χ1) is 9.97. The van der Waals surface area contributed by atoms with E-state index >= 15 is 0 Å². The zero-order valence-corrected chi connectivity index (χ0v) is 13.2. The van der Waals surface area contributed by atoms with E-state index < -0.39 is 0 Å². The third-order valence-electron chi connectivity index (χ3n) is 4.80. The van der Waals surface area contributed by atoms with Crippen molar-refractivity contribution in [3.63, 3.8) is 0 Å². The van der Waals surface area contributed by atoms with Gasteiger partial charge in [-0.2, -0.15) is 0 Å². The first-order valence-corrected chi connectivity index (χ1v) is 7.80. The first kappa shape index (κ1) is 14.3. The van der Waals surface area contributed by atoms with Gasteiger partial charge in [0.15, 0.2) is 0 Å². The fourth-order valence-electron chi connectivity index (χ4n) is 3.84. The highest BCUT2D eigenvalue weighted by molar-refractivity contribution is 6.01. The molecule has 2 saturated heterocycles. The lowest BCUT2D eigenvalue weighted by Crippen LogP contribution is -2.55. The number of hydrogen-bond acceptors (Lipinski definition) is 4. The number of aryl methyl sites for hydroxylation is 2. The number of nitrogens with two attached hydrogens (primary N) is 1. The van der Waals surface area contributed by atoms with Gasteiger partial charge in [-0.25, -0.2) is 4.98 Å². The van der Waals surface area contributed by atoms with Crippen LogP contribution in [0.2, 0.25) is 0 Å². The molecule has 2 aliphatic rings. The molecular formula is C16H25N5. The van der Waals surface area contributed by atoms with Gasteiger partial charge in [0, 0.05) is 30.9 Å². The number of piperazine rings is 1. The van der Waals surface area contributed by atoms with Gasteiger partial charge in [-0.3, -0.25) is 10.3 Å². The smallest absolute Gasteiger partial charge is 0.140 e. The predicted octanol–water partition coefficient (Wildman–Crippen LogP) is 1.66. The van der Waals surface area contributed by atoms with Gasteiger partial charge in [-0.1, -0.05) is 0 Å². The van der Waals surface area contributed by atoms with E-state index in [9.17, 15) is 0 Å². The molecule has 0 radical (unpaired) electrons. The van der Waals surface area contributed by atoms with Crippen LogP contribution in [0.3, 0.4) is 0 Å². The Morgan fingerprint density at radius 1 is 1.38 bits per heavy atom. The summed E-state index contributed by atoms with van der Waals surface area (Å²) < 4.78 is 0. The number of nitrogens with zero attached hydrogens (tertiary/aromatic N) is 3. The van der Waals surface area contributed by atoms with Gasteiger partial charge in [0.05, 0.1) is 5.56 Å². The molecule has 0 aliphatic carbocycles. The van der Waals surface area contributed by atoms with E-state index in [0.717, 1.165) is 35.7 Å². The van der Waals surface area contributed by atoms with E-state index in [0.29, 0.717) is 12.1 Å². The van der Waals surface area contributed by atoms with Crippen molar-refractivity contribution in [3.05, 3.63) is 22.9 Å². The zero-order valence-electron chi connectivity index (χ0n) is 13.2. The molecule has 3 N–H and O–H groups in total. The molecule has 0 spiro atoms. The summed E-state index contributed by atoms with van der Waals surface area (Å²) in [6.45, 7) is 9.58. The third kappa shape index (κ3) is 2.50. The SMILES string of the molecule is Cc1cc(C)c(C(=N)N)c(N2CC3CCCN3CC2C)n1. The molecule has 2 fully saturated rings. The largest absolute Gasteiger partial charge is 0.384 e. The molecule has 0 aromatic carbocycles. The van der Waals surface area contributed by atoms with Crippen molar-refractivity contribution in [2.45, 2.75) is 45.7 Å². The van der Waals surface area contributed by atoms with Crippen molar-refractivity contribution >= 4 is 11.7 Å². The van der Waals surface area contributed by atoms with Crippen LogP contribution < -0.4 is 10.6 Å². The molecule has 2 unspecified atom stereocenters.